The zero-order chi connectivity index (χ0) is 22.5. The largest absolute Gasteiger partial charge is 0.455 e. The third-order valence-corrected chi connectivity index (χ3v) is 5.51. The maximum absolute atomic E-state index is 12.3. The quantitative estimate of drug-likeness (QED) is 0.501. The van der Waals surface area contributed by atoms with Crippen LogP contribution in [0.4, 0.5) is 5.69 Å². The highest BCUT2D eigenvalue weighted by Gasteiger charge is 2.37. The minimum Gasteiger partial charge on any atom is -0.455 e. The summed E-state index contributed by atoms with van der Waals surface area (Å²) in [5, 5.41) is 0.965. The van der Waals surface area contributed by atoms with Crippen LogP contribution >= 0.6 is 34.8 Å². The van der Waals surface area contributed by atoms with Crippen LogP contribution in [-0.4, -0.2) is 36.8 Å². The summed E-state index contributed by atoms with van der Waals surface area (Å²) in [7, 11) is 0. The molecule has 31 heavy (non-hydrogen) atoms. The molecule has 11 heteroatoms. The summed E-state index contributed by atoms with van der Waals surface area (Å²) < 4.78 is 4.97. The van der Waals surface area contributed by atoms with Crippen molar-refractivity contribution in [3.05, 3.63) is 63.1 Å². The number of esters is 1. The molecule has 0 aliphatic carbocycles. The van der Waals surface area contributed by atoms with Gasteiger partial charge in [-0.25, -0.2) is 0 Å². The van der Waals surface area contributed by atoms with Crippen LogP contribution in [0.5, 0.6) is 0 Å². The second-order valence-electron chi connectivity index (χ2n) is 6.60. The Morgan fingerprint density at radius 2 is 1.74 bits per heavy atom. The lowest BCUT2D eigenvalue weighted by Crippen LogP contribution is -2.43. The van der Waals surface area contributed by atoms with Crippen LogP contribution in [0.1, 0.15) is 16.8 Å². The maximum Gasteiger partial charge on any atom is 0.311 e. The van der Waals surface area contributed by atoms with E-state index in [2.05, 4.69) is 10.9 Å². The van der Waals surface area contributed by atoms with Crippen molar-refractivity contribution in [2.75, 3.05) is 18.1 Å². The molecule has 1 fully saturated rings. The van der Waals surface area contributed by atoms with E-state index in [1.165, 1.54) is 29.2 Å². The number of nitrogens with zero attached hydrogens (tertiary/aromatic N) is 1. The molecule has 0 aromatic heterocycles. The molecule has 1 atom stereocenters. The summed E-state index contributed by atoms with van der Waals surface area (Å²) in [6.07, 6.45) is -0.0867. The van der Waals surface area contributed by atoms with E-state index in [0.29, 0.717) is 10.7 Å². The molecule has 3 rings (SSSR count). The van der Waals surface area contributed by atoms with Crippen molar-refractivity contribution in [1.82, 2.24) is 10.9 Å². The van der Waals surface area contributed by atoms with Crippen molar-refractivity contribution in [2.24, 2.45) is 5.92 Å². The normalized spacial score (nSPS) is 15.5. The molecule has 162 valence electrons. The van der Waals surface area contributed by atoms with Gasteiger partial charge >= 0.3 is 5.97 Å². The molecule has 0 bridgehead atoms. The number of ether oxygens (including phenoxy) is 1. The zero-order valence-electron chi connectivity index (χ0n) is 15.9. The van der Waals surface area contributed by atoms with Crippen LogP contribution in [0.2, 0.25) is 15.1 Å². The predicted molar refractivity (Wildman–Crippen MR) is 115 cm³/mol. The third-order valence-electron chi connectivity index (χ3n) is 4.45. The van der Waals surface area contributed by atoms with Crippen LogP contribution in [0, 0.1) is 5.92 Å². The summed E-state index contributed by atoms with van der Waals surface area (Å²) in [5.74, 6) is -3.10. The number of anilines is 1. The molecular weight excluding hydrogens is 469 g/mol. The first kappa shape index (κ1) is 22.9. The highest BCUT2D eigenvalue weighted by molar-refractivity contribution is 6.44. The van der Waals surface area contributed by atoms with Crippen molar-refractivity contribution in [3.8, 4) is 0 Å². The van der Waals surface area contributed by atoms with E-state index >= 15 is 0 Å². The molecule has 0 radical (unpaired) electrons. The molecule has 0 saturated carbocycles. The third kappa shape index (κ3) is 5.66. The number of amides is 3. The Morgan fingerprint density at radius 3 is 2.45 bits per heavy atom. The minimum atomic E-state index is -0.765. The summed E-state index contributed by atoms with van der Waals surface area (Å²) in [6.45, 7) is -0.574. The van der Waals surface area contributed by atoms with Gasteiger partial charge in [0.1, 0.15) is 0 Å². The SMILES string of the molecule is O=C(COC(=O)[C@H]1CC(=O)N(c2cccc(Cl)c2Cl)C1)NNC(=O)c1ccc(Cl)cc1. The van der Waals surface area contributed by atoms with Crippen LogP contribution in [-0.2, 0) is 19.1 Å². The van der Waals surface area contributed by atoms with Crippen LogP contribution in [0.3, 0.4) is 0 Å². The molecule has 1 aliphatic rings. The van der Waals surface area contributed by atoms with E-state index in [1.54, 1.807) is 18.2 Å². The van der Waals surface area contributed by atoms with Crippen LogP contribution < -0.4 is 15.8 Å². The summed E-state index contributed by atoms with van der Waals surface area (Å²) in [6, 6.07) is 10.9. The lowest BCUT2D eigenvalue weighted by Gasteiger charge is -2.18. The van der Waals surface area contributed by atoms with Gasteiger partial charge in [0, 0.05) is 23.6 Å². The van der Waals surface area contributed by atoms with Gasteiger partial charge in [0.15, 0.2) is 6.61 Å². The highest BCUT2D eigenvalue weighted by atomic mass is 35.5. The highest BCUT2D eigenvalue weighted by Crippen LogP contribution is 2.35. The topological polar surface area (TPSA) is 105 Å². The number of benzene rings is 2. The van der Waals surface area contributed by atoms with E-state index < -0.39 is 30.3 Å². The van der Waals surface area contributed by atoms with Gasteiger partial charge in [0.25, 0.3) is 11.8 Å². The number of halogens is 3. The fourth-order valence-electron chi connectivity index (χ4n) is 2.89. The Balaban J connectivity index is 1.47. The molecule has 0 spiro atoms. The Kier molecular flexibility index (Phi) is 7.37. The lowest BCUT2D eigenvalue weighted by molar-refractivity contribution is -0.152. The number of rotatable bonds is 5. The predicted octanol–water partition coefficient (Wildman–Crippen LogP) is 3.00. The van der Waals surface area contributed by atoms with Crippen molar-refractivity contribution < 1.29 is 23.9 Å². The maximum atomic E-state index is 12.3. The Morgan fingerprint density at radius 1 is 1.03 bits per heavy atom. The van der Waals surface area contributed by atoms with Gasteiger partial charge in [-0.2, -0.15) is 0 Å². The molecule has 0 unspecified atom stereocenters. The molecule has 3 amide bonds. The molecule has 2 aromatic carbocycles. The number of carbonyl (C=O) groups is 4. The fourth-order valence-corrected chi connectivity index (χ4v) is 3.41. The van der Waals surface area contributed by atoms with Gasteiger partial charge in [-0.05, 0) is 36.4 Å². The first-order valence-electron chi connectivity index (χ1n) is 9.02. The smallest absolute Gasteiger partial charge is 0.311 e. The molecule has 1 aliphatic heterocycles. The number of carbonyl (C=O) groups excluding carboxylic acids is 4. The molecular formula is C20H16Cl3N3O5. The van der Waals surface area contributed by atoms with E-state index in [4.69, 9.17) is 39.5 Å². The second kappa shape index (κ2) is 10.00. The van der Waals surface area contributed by atoms with E-state index in [-0.39, 0.29) is 34.5 Å². The fraction of sp³-hybridized carbons (Fsp3) is 0.200. The molecule has 2 aromatic rings. The first-order valence-corrected chi connectivity index (χ1v) is 10.2. The van der Waals surface area contributed by atoms with Gasteiger partial charge in [-0.15, -0.1) is 0 Å². The second-order valence-corrected chi connectivity index (χ2v) is 7.82. The molecule has 1 saturated heterocycles. The molecule has 1 heterocycles. The Labute approximate surface area is 192 Å². The number of hydrazine groups is 1. The van der Waals surface area contributed by atoms with Gasteiger partial charge in [-0.3, -0.25) is 30.0 Å². The van der Waals surface area contributed by atoms with Crippen molar-refractivity contribution in [1.29, 1.82) is 0 Å². The van der Waals surface area contributed by atoms with Gasteiger partial charge in [0.05, 0.1) is 21.7 Å². The Bertz CT molecular complexity index is 1030. The minimum absolute atomic E-state index is 0.0483. The number of hydrogen-bond donors (Lipinski definition) is 2. The lowest BCUT2D eigenvalue weighted by atomic mass is 10.1. The summed E-state index contributed by atoms with van der Waals surface area (Å²) in [5.41, 5.74) is 5.02. The van der Waals surface area contributed by atoms with Crippen molar-refractivity contribution in [3.63, 3.8) is 0 Å². The van der Waals surface area contributed by atoms with Crippen LogP contribution in [0.25, 0.3) is 0 Å². The monoisotopic (exact) mass is 483 g/mol. The van der Waals surface area contributed by atoms with Crippen molar-refractivity contribution in [2.45, 2.75) is 6.42 Å². The average molecular weight is 485 g/mol. The van der Waals surface area contributed by atoms with E-state index in [0.717, 1.165) is 0 Å². The number of nitrogens with one attached hydrogen (secondary N) is 2. The molecule has 8 nitrogen and oxygen atoms in total. The Hall–Kier alpha value is -2.81. The van der Waals surface area contributed by atoms with Gasteiger partial charge in [-0.1, -0.05) is 40.9 Å². The van der Waals surface area contributed by atoms with Gasteiger partial charge < -0.3 is 9.64 Å². The van der Waals surface area contributed by atoms with E-state index in [9.17, 15) is 19.2 Å². The average Bonchev–Trinajstić information content (AvgIpc) is 3.14. The standard InChI is InChI=1S/C20H16Cl3N3O5/c21-13-6-4-11(5-7-13)19(29)25-24-16(27)10-31-20(30)12-8-17(28)26(9-12)15-3-1-2-14(22)18(15)23/h1-7,12H,8-10H2,(H,24,27)(H,25,29)/t12-/m0/s1. The van der Waals surface area contributed by atoms with E-state index in [1.807, 2.05) is 0 Å². The van der Waals surface area contributed by atoms with Crippen molar-refractivity contribution >= 4 is 64.2 Å². The molecule has 2 N–H and O–H groups in total. The van der Waals surface area contributed by atoms with Crippen LogP contribution in [0.15, 0.2) is 42.5 Å². The number of hydrogen-bond acceptors (Lipinski definition) is 5. The summed E-state index contributed by atoms with van der Waals surface area (Å²) in [4.78, 5) is 49.7. The summed E-state index contributed by atoms with van der Waals surface area (Å²) >= 11 is 17.9. The first-order chi connectivity index (χ1) is 14.8. The zero-order valence-corrected chi connectivity index (χ0v) is 18.1. The van der Waals surface area contributed by atoms with Gasteiger partial charge in [0.2, 0.25) is 5.91 Å².